The lowest BCUT2D eigenvalue weighted by atomic mass is 10.2. The number of nitrogens with one attached hydrogen (secondary N) is 1. The van der Waals surface area contributed by atoms with Crippen LogP contribution in [0.15, 0.2) is 55.0 Å². The first-order chi connectivity index (χ1) is 11.8. The third-order valence-electron chi connectivity index (χ3n) is 3.64. The molecule has 0 aliphatic heterocycles. The Hall–Kier alpha value is -2.57. The summed E-state index contributed by atoms with van der Waals surface area (Å²) in [7, 11) is 3.30. The van der Waals surface area contributed by atoms with E-state index in [1.165, 1.54) is 0 Å². The number of rotatable bonds is 7. The van der Waals surface area contributed by atoms with Crippen LogP contribution < -0.4 is 14.8 Å². The first-order valence-electron chi connectivity index (χ1n) is 7.66. The number of hydrogen-bond acceptors (Lipinski definition) is 5. The summed E-state index contributed by atoms with van der Waals surface area (Å²) in [5, 5.41) is 7.68. The first kappa shape index (κ1) is 18.8. The van der Waals surface area contributed by atoms with Gasteiger partial charge in [-0.25, -0.2) is 9.67 Å². The monoisotopic (exact) mass is 360 g/mol. The molecule has 7 heteroatoms. The molecule has 2 heterocycles. The van der Waals surface area contributed by atoms with Crippen molar-refractivity contribution >= 4 is 12.4 Å². The van der Waals surface area contributed by atoms with Gasteiger partial charge in [-0.1, -0.05) is 6.07 Å². The molecule has 0 atom stereocenters. The Morgan fingerprint density at radius 1 is 1.00 bits per heavy atom. The Morgan fingerprint density at radius 3 is 2.40 bits per heavy atom. The van der Waals surface area contributed by atoms with Gasteiger partial charge in [-0.05, 0) is 29.8 Å². The number of methoxy groups -OCH3 is 2. The van der Waals surface area contributed by atoms with Crippen molar-refractivity contribution in [2.24, 2.45) is 0 Å². The van der Waals surface area contributed by atoms with Crippen molar-refractivity contribution in [1.29, 1.82) is 0 Å². The minimum Gasteiger partial charge on any atom is -0.497 e. The summed E-state index contributed by atoms with van der Waals surface area (Å²) >= 11 is 0. The van der Waals surface area contributed by atoms with Crippen molar-refractivity contribution in [3.8, 4) is 17.3 Å². The van der Waals surface area contributed by atoms with Crippen molar-refractivity contribution in [3.05, 3.63) is 66.1 Å². The van der Waals surface area contributed by atoms with E-state index in [-0.39, 0.29) is 12.4 Å². The minimum atomic E-state index is 0. The number of halogens is 1. The summed E-state index contributed by atoms with van der Waals surface area (Å²) in [6, 6.07) is 11.7. The Morgan fingerprint density at radius 2 is 1.76 bits per heavy atom. The number of benzene rings is 1. The molecule has 0 saturated heterocycles. The fourth-order valence-corrected chi connectivity index (χ4v) is 2.48. The van der Waals surface area contributed by atoms with Crippen molar-refractivity contribution in [3.63, 3.8) is 0 Å². The third-order valence-corrected chi connectivity index (χ3v) is 3.64. The molecule has 0 aliphatic carbocycles. The molecule has 0 unspecified atom stereocenters. The van der Waals surface area contributed by atoms with E-state index < -0.39 is 0 Å². The molecule has 2 aromatic heterocycles. The largest absolute Gasteiger partial charge is 0.497 e. The molecule has 6 nitrogen and oxygen atoms in total. The van der Waals surface area contributed by atoms with E-state index in [2.05, 4.69) is 15.4 Å². The zero-order valence-corrected chi connectivity index (χ0v) is 15.0. The fourth-order valence-electron chi connectivity index (χ4n) is 2.48. The van der Waals surface area contributed by atoms with Crippen LogP contribution in [-0.2, 0) is 13.1 Å². The topological polar surface area (TPSA) is 61.2 Å². The van der Waals surface area contributed by atoms with E-state index in [1.807, 2.05) is 42.6 Å². The van der Waals surface area contributed by atoms with Gasteiger partial charge in [-0.3, -0.25) is 0 Å². The zero-order valence-electron chi connectivity index (χ0n) is 14.2. The second-order valence-electron chi connectivity index (χ2n) is 5.26. The molecule has 1 N–H and O–H groups in total. The van der Waals surface area contributed by atoms with Gasteiger partial charge in [0.25, 0.3) is 0 Å². The quantitative estimate of drug-likeness (QED) is 0.701. The summed E-state index contributed by atoms with van der Waals surface area (Å²) in [4.78, 5) is 4.42. The van der Waals surface area contributed by atoms with E-state index in [4.69, 9.17) is 9.47 Å². The fraction of sp³-hybridized carbons (Fsp3) is 0.222. The standard InChI is InChI=1S/C18H20N4O2.ClH/c1-23-16-9-14(10-17(11-16)24-2)12-19-13-15-5-3-6-20-18(15)22-8-4-7-21-22;/h3-11,19H,12-13H2,1-2H3;1H. The molecular weight excluding hydrogens is 340 g/mol. The molecule has 132 valence electrons. The third kappa shape index (κ3) is 4.71. The molecule has 0 spiro atoms. The van der Waals surface area contributed by atoms with Crippen LogP contribution in [-0.4, -0.2) is 29.0 Å². The van der Waals surface area contributed by atoms with E-state index in [0.29, 0.717) is 13.1 Å². The van der Waals surface area contributed by atoms with Crippen molar-refractivity contribution in [2.45, 2.75) is 13.1 Å². The van der Waals surface area contributed by atoms with Gasteiger partial charge < -0.3 is 14.8 Å². The SMILES string of the molecule is COc1cc(CNCc2cccnc2-n2cccn2)cc(OC)c1.Cl. The predicted octanol–water partition coefficient (Wildman–Crippen LogP) is 3.00. The Labute approximate surface area is 153 Å². The van der Waals surface area contributed by atoms with Crippen LogP contribution in [0.5, 0.6) is 11.5 Å². The lowest BCUT2D eigenvalue weighted by Gasteiger charge is -2.11. The number of ether oxygens (including phenoxy) is 2. The van der Waals surface area contributed by atoms with Gasteiger partial charge in [0.05, 0.1) is 14.2 Å². The molecule has 0 amide bonds. The highest BCUT2D eigenvalue weighted by atomic mass is 35.5. The molecule has 0 radical (unpaired) electrons. The van der Waals surface area contributed by atoms with Crippen LogP contribution in [0, 0.1) is 0 Å². The smallest absolute Gasteiger partial charge is 0.157 e. The molecule has 0 saturated carbocycles. The summed E-state index contributed by atoms with van der Waals surface area (Å²) < 4.78 is 12.4. The Kier molecular flexibility index (Phi) is 6.80. The number of aromatic nitrogens is 3. The normalized spacial score (nSPS) is 10.2. The summed E-state index contributed by atoms with van der Waals surface area (Å²) in [5.74, 6) is 2.40. The lowest BCUT2D eigenvalue weighted by Crippen LogP contribution is -2.15. The second-order valence-corrected chi connectivity index (χ2v) is 5.26. The van der Waals surface area contributed by atoms with Crippen LogP contribution in [0.1, 0.15) is 11.1 Å². The highest BCUT2D eigenvalue weighted by Crippen LogP contribution is 2.22. The van der Waals surface area contributed by atoms with E-state index >= 15 is 0 Å². The summed E-state index contributed by atoms with van der Waals surface area (Å²) in [5.41, 5.74) is 2.17. The molecule has 3 rings (SSSR count). The van der Waals surface area contributed by atoms with Crippen molar-refractivity contribution in [1.82, 2.24) is 20.1 Å². The maximum atomic E-state index is 5.30. The predicted molar refractivity (Wildman–Crippen MR) is 98.7 cm³/mol. The maximum Gasteiger partial charge on any atom is 0.157 e. The zero-order chi connectivity index (χ0) is 16.8. The van der Waals surface area contributed by atoms with Crippen LogP contribution in [0.2, 0.25) is 0 Å². The minimum absolute atomic E-state index is 0. The highest BCUT2D eigenvalue weighted by molar-refractivity contribution is 5.85. The van der Waals surface area contributed by atoms with Crippen LogP contribution in [0.3, 0.4) is 0 Å². The summed E-state index contributed by atoms with van der Waals surface area (Å²) in [6.45, 7) is 1.38. The second kappa shape index (κ2) is 9.05. The van der Waals surface area contributed by atoms with E-state index in [0.717, 1.165) is 28.4 Å². The van der Waals surface area contributed by atoms with E-state index in [9.17, 15) is 0 Å². The molecule has 0 bridgehead atoms. The van der Waals surface area contributed by atoms with Gasteiger partial charge in [0, 0.05) is 43.3 Å². The van der Waals surface area contributed by atoms with Gasteiger partial charge >= 0.3 is 0 Å². The van der Waals surface area contributed by atoms with Crippen LogP contribution in [0.4, 0.5) is 0 Å². The van der Waals surface area contributed by atoms with E-state index in [1.54, 1.807) is 31.3 Å². The number of hydrogen-bond donors (Lipinski definition) is 1. The number of pyridine rings is 1. The summed E-state index contributed by atoms with van der Waals surface area (Å²) in [6.07, 6.45) is 5.40. The van der Waals surface area contributed by atoms with Gasteiger partial charge in [-0.2, -0.15) is 5.10 Å². The average molecular weight is 361 g/mol. The van der Waals surface area contributed by atoms with Gasteiger partial charge in [0.1, 0.15) is 11.5 Å². The molecule has 25 heavy (non-hydrogen) atoms. The molecular formula is C18H21ClN4O2. The molecule has 1 aromatic carbocycles. The average Bonchev–Trinajstić information content (AvgIpc) is 3.16. The Balaban J connectivity index is 0.00000225. The van der Waals surface area contributed by atoms with Crippen LogP contribution in [0.25, 0.3) is 5.82 Å². The van der Waals surface area contributed by atoms with Gasteiger partial charge in [-0.15, -0.1) is 12.4 Å². The van der Waals surface area contributed by atoms with Gasteiger partial charge in [0.15, 0.2) is 5.82 Å². The first-order valence-corrected chi connectivity index (χ1v) is 7.66. The Bertz CT molecular complexity index is 771. The molecule has 0 aliphatic rings. The maximum absolute atomic E-state index is 5.30. The number of nitrogens with zero attached hydrogens (tertiary/aromatic N) is 3. The van der Waals surface area contributed by atoms with Crippen molar-refractivity contribution < 1.29 is 9.47 Å². The highest BCUT2D eigenvalue weighted by Gasteiger charge is 2.06. The van der Waals surface area contributed by atoms with Crippen LogP contribution >= 0.6 is 12.4 Å². The lowest BCUT2D eigenvalue weighted by molar-refractivity contribution is 0.393. The molecule has 0 fully saturated rings. The van der Waals surface area contributed by atoms with Crippen molar-refractivity contribution in [2.75, 3.05) is 14.2 Å². The molecule has 3 aromatic rings. The van der Waals surface area contributed by atoms with Gasteiger partial charge in [0.2, 0.25) is 0 Å².